The Hall–Kier alpha value is -3.39. The molecule has 1 saturated carbocycles. The van der Waals surface area contributed by atoms with Crippen LogP contribution in [0.3, 0.4) is 0 Å². The van der Waals surface area contributed by atoms with E-state index in [1.165, 1.54) is 24.3 Å². The Morgan fingerprint density at radius 1 is 0.833 bits per heavy atom. The summed E-state index contributed by atoms with van der Waals surface area (Å²) in [4.78, 5) is 12.7. The van der Waals surface area contributed by atoms with E-state index in [4.69, 9.17) is 14.6 Å². The Morgan fingerprint density at radius 2 is 1.47 bits per heavy atom. The van der Waals surface area contributed by atoms with E-state index in [2.05, 4.69) is 0 Å². The van der Waals surface area contributed by atoms with Gasteiger partial charge in [-0.1, -0.05) is 30.3 Å². The molecule has 1 N–H and O–H groups in total. The second-order valence-electron chi connectivity index (χ2n) is 8.78. The number of ether oxygens (including phenoxy) is 2. The monoisotopic (exact) mass is 502 g/mol. The van der Waals surface area contributed by atoms with Gasteiger partial charge in [-0.3, -0.25) is 4.79 Å². The SMILES string of the molecule is CCOc1ccc(C2CCC(C(=O)Oc3ccc(-c4ccc(CO)cc4)c(F)c3F)CC2)c(F)c1F. The maximum Gasteiger partial charge on any atom is 0.314 e. The first-order valence-corrected chi connectivity index (χ1v) is 11.8. The van der Waals surface area contributed by atoms with Crippen LogP contribution < -0.4 is 9.47 Å². The molecular weight excluding hydrogens is 476 g/mol. The molecule has 3 aromatic rings. The van der Waals surface area contributed by atoms with E-state index in [1.807, 2.05) is 0 Å². The predicted octanol–water partition coefficient (Wildman–Crippen LogP) is 6.68. The molecule has 1 fully saturated rings. The van der Waals surface area contributed by atoms with Crippen LogP contribution >= 0.6 is 0 Å². The number of rotatable bonds is 7. The number of hydrogen-bond acceptors (Lipinski definition) is 4. The molecule has 3 aromatic carbocycles. The van der Waals surface area contributed by atoms with E-state index in [9.17, 15) is 22.4 Å². The Bertz CT molecular complexity index is 1240. The maximum absolute atomic E-state index is 14.7. The molecule has 8 heteroatoms. The van der Waals surface area contributed by atoms with Crippen molar-refractivity contribution in [3.63, 3.8) is 0 Å². The predicted molar refractivity (Wildman–Crippen MR) is 126 cm³/mol. The summed E-state index contributed by atoms with van der Waals surface area (Å²) in [5, 5.41) is 9.13. The highest BCUT2D eigenvalue weighted by molar-refractivity contribution is 5.76. The molecule has 36 heavy (non-hydrogen) atoms. The molecule has 0 aliphatic heterocycles. The molecule has 4 rings (SSSR count). The molecule has 0 saturated heterocycles. The average Bonchev–Trinajstić information content (AvgIpc) is 2.90. The van der Waals surface area contributed by atoms with Gasteiger partial charge in [-0.25, -0.2) is 8.78 Å². The van der Waals surface area contributed by atoms with Gasteiger partial charge in [0, 0.05) is 5.56 Å². The van der Waals surface area contributed by atoms with Gasteiger partial charge in [0.25, 0.3) is 0 Å². The van der Waals surface area contributed by atoms with Crippen LogP contribution in [-0.2, 0) is 11.4 Å². The molecule has 1 aliphatic carbocycles. The Balaban J connectivity index is 1.41. The van der Waals surface area contributed by atoms with Crippen molar-refractivity contribution in [2.75, 3.05) is 6.61 Å². The van der Waals surface area contributed by atoms with Crippen molar-refractivity contribution >= 4 is 5.97 Å². The number of esters is 1. The molecule has 0 radical (unpaired) electrons. The van der Waals surface area contributed by atoms with Crippen LogP contribution in [0.1, 0.15) is 49.7 Å². The van der Waals surface area contributed by atoms with E-state index >= 15 is 0 Å². The number of carbonyl (C=O) groups is 1. The van der Waals surface area contributed by atoms with Gasteiger partial charge in [0.2, 0.25) is 11.6 Å². The average molecular weight is 503 g/mol. The lowest BCUT2D eigenvalue weighted by Gasteiger charge is -2.28. The summed E-state index contributed by atoms with van der Waals surface area (Å²) in [6, 6.07) is 11.8. The minimum atomic E-state index is -1.27. The number of benzene rings is 3. The third kappa shape index (κ3) is 5.23. The zero-order valence-corrected chi connectivity index (χ0v) is 19.7. The Kier molecular flexibility index (Phi) is 7.94. The van der Waals surface area contributed by atoms with Crippen LogP contribution in [-0.4, -0.2) is 17.7 Å². The molecule has 0 unspecified atom stereocenters. The fourth-order valence-corrected chi connectivity index (χ4v) is 4.58. The number of carbonyl (C=O) groups excluding carboxylic acids is 1. The summed E-state index contributed by atoms with van der Waals surface area (Å²) < 4.78 is 68.5. The lowest BCUT2D eigenvalue weighted by atomic mass is 9.78. The number of halogens is 4. The van der Waals surface area contributed by atoms with Gasteiger partial charge >= 0.3 is 5.97 Å². The highest BCUT2D eigenvalue weighted by atomic mass is 19.2. The minimum Gasteiger partial charge on any atom is -0.491 e. The third-order valence-corrected chi connectivity index (χ3v) is 6.58. The van der Waals surface area contributed by atoms with Gasteiger partial charge in [0.15, 0.2) is 23.1 Å². The van der Waals surface area contributed by atoms with Crippen LogP contribution in [0.15, 0.2) is 48.5 Å². The summed E-state index contributed by atoms with van der Waals surface area (Å²) in [5.41, 5.74) is 1.29. The fourth-order valence-electron chi connectivity index (χ4n) is 4.58. The van der Waals surface area contributed by atoms with Crippen molar-refractivity contribution in [2.45, 2.75) is 45.1 Å². The summed E-state index contributed by atoms with van der Waals surface area (Å²) in [7, 11) is 0. The minimum absolute atomic E-state index is 0.00177. The molecular formula is C28H26F4O4. The van der Waals surface area contributed by atoms with Crippen molar-refractivity contribution in [1.82, 2.24) is 0 Å². The fraction of sp³-hybridized carbons (Fsp3) is 0.321. The molecule has 0 spiro atoms. The van der Waals surface area contributed by atoms with E-state index in [-0.39, 0.29) is 36.0 Å². The molecule has 0 aromatic heterocycles. The van der Waals surface area contributed by atoms with Gasteiger partial charge in [-0.05, 0) is 73.4 Å². The summed E-state index contributed by atoms with van der Waals surface area (Å²) in [6.07, 6.45) is 1.53. The van der Waals surface area contributed by atoms with Crippen molar-refractivity contribution in [2.24, 2.45) is 5.92 Å². The van der Waals surface area contributed by atoms with Crippen molar-refractivity contribution < 1.29 is 36.9 Å². The summed E-state index contributed by atoms with van der Waals surface area (Å²) in [6.45, 7) is 1.73. The van der Waals surface area contributed by atoms with Crippen LogP contribution in [0.5, 0.6) is 11.5 Å². The molecule has 0 amide bonds. The standard InChI is InChI=1S/C28H26F4O4/c1-2-35-22-13-11-20(24(29)26(22)31)18-7-9-19(10-8-18)28(34)36-23-14-12-21(25(30)27(23)32)17-5-3-16(15-33)4-6-17/h3-6,11-14,18-19,33H,2,7-10,15H2,1H3. The highest BCUT2D eigenvalue weighted by Gasteiger charge is 2.31. The Labute approximate surface area is 206 Å². The molecule has 0 atom stereocenters. The quantitative estimate of drug-likeness (QED) is 0.222. The van der Waals surface area contributed by atoms with Crippen molar-refractivity contribution in [3.8, 4) is 22.6 Å². The van der Waals surface area contributed by atoms with Crippen molar-refractivity contribution in [3.05, 3.63) is 82.9 Å². The first-order valence-electron chi connectivity index (χ1n) is 11.8. The van der Waals surface area contributed by atoms with Gasteiger partial charge < -0.3 is 14.6 Å². The number of hydrogen-bond donors (Lipinski definition) is 1. The zero-order chi connectivity index (χ0) is 25.8. The van der Waals surface area contributed by atoms with E-state index in [1.54, 1.807) is 31.2 Å². The first kappa shape index (κ1) is 25.7. The van der Waals surface area contributed by atoms with E-state index in [0.29, 0.717) is 36.8 Å². The second kappa shape index (κ2) is 11.1. The van der Waals surface area contributed by atoms with E-state index < -0.39 is 40.9 Å². The molecule has 4 nitrogen and oxygen atoms in total. The van der Waals surface area contributed by atoms with Crippen molar-refractivity contribution in [1.29, 1.82) is 0 Å². The smallest absolute Gasteiger partial charge is 0.314 e. The van der Waals surface area contributed by atoms with Crippen LogP contribution in [0, 0.1) is 29.2 Å². The molecule has 190 valence electrons. The topological polar surface area (TPSA) is 55.8 Å². The zero-order valence-electron chi connectivity index (χ0n) is 19.7. The van der Waals surface area contributed by atoms with Crippen LogP contribution in [0.2, 0.25) is 0 Å². The van der Waals surface area contributed by atoms with Crippen LogP contribution in [0.25, 0.3) is 11.1 Å². The summed E-state index contributed by atoms with van der Waals surface area (Å²) in [5.74, 6) is -6.56. The molecule has 1 aliphatic rings. The van der Waals surface area contributed by atoms with E-state index in [0.717, 1.165) is 0 Å². The number of aliphatic hydroxyl groups excluding tert-OH is 1. The van der Waals surface area contributed by atoms with Gasteiger partial charge in [-0.2, -0.15) is 8.78 Å². The Morgan fingerprint density at radius 3 is 2.11 bits per heavy atom. The number of aliphatic hydroxyl groups is 1. The van der Waals surface area contributed by atoms with Crippen LogP contribution in [0.4, 0.5) is 17.6 Å². The second-order valence-corrected chi connectivity index (χ2v) is 8.78. The molecule has 0 heterocycles. The highest BCUT2D eigenvalue weighted by Crippen LogP contribution is 2.39. The third-order valence-electron chi connectivity index (χ3n) is 6.58. The lowest BCUT2D eigenvalue weighted by Crippen LogP contribution is -2.26. The normalized spacial score (nSPS) is 17.6. The largest absolute Gasteiger partial charge is 0.491 e. The molecule has 0 bridgehead atoms. The first-order chi connectivity index (χ1) is 17.3. The van der Waals surface area contributed by atoms with Gasteiger partial charge in [-0.15, -0.1) is 0 Å². The van der Waals surface area contributed by atoms with Gasteiger partial charge in [0.1, 0.15) is 0 Å². The van der Waals surface area contributed by atoms with Gasteiger partial charge in [0.05, 0.1) is 19.1 Å². The maximum atomic E-state index is 14.7. The summed E-state index contributed by atoms with van der Waals surface area (Å²) >= 11 is 0. The lowest BCUT2D eigenvalue weighted by molar-refractivity contribution is -0.140.